The van der Waals surface area contributed by atoms with Crippen LogP contribution < -0.4 is 0 Å². The molecule has 2 unspecified atom stereocenters. The van der Waals surface area contributed by atoms with Gasteiger partial charge in [-0.05, 0) is 50.2 Å². The Morgan fingerprint density at radius 1 is 1.35 bits per heavy atom. The Morgan fingerprint density at radius 2 is 2.15 bits per heavy atom. The van der Waals surface area contributed by atoms with Gasteiger partial charge in [0, 0.05) is 24.6 Å². The number of aryl methyl sites for hydroxylation is 1. The van der Waals surface area contributed by atoms with Gasteiger partial charge in [0.25, 0.3) is 0 Å². The maximum Gasteiger partial charge on any atom is 0.0837 e. The smallest absolute Gasteiger partial charge is 0.0837 e. The third-order valence-electron chi connectivity index (χ3n) is 5.14. The maximum absolute atomic E-state index is 10.7. The molecule has 1 aromatic rings. The van der Waals surface area contributed by atoms with Crippen molar-refractivity contribution in [1.82, 2.24) is 4.98 Å². The van der Waals surface area contributed by atoms with Crippen LogP contribution in [0.4, 0.5) is 0 Å². The zero-order valence-corrected chi connectivity index (χ0v) is 12.3. The number of ether oxygens (including phenoxy) is 1. The number of aromatic nitrogens is 1. The van der Waals surface area contributed by atoms with Crippen molar-refractivity contribution in [1.29, 1.82) is 0 Å². The van der Waals surface area contributed by atoms with E-state index in [0.29, 0.717) is 5.92 Å². The maximum atomic E-state index is 10.7. The number of aliphatic hydroxyl groups excluding tert-OH is 1. The Kier molecular flexibility index (Phi) is 4.08. The van der Waals surface area contributed by atoms with Crippen molar-refractivity contribution < 1.29 is 9.84 Å². The molecule has 3 heteroatoms. The van der Waals surface area contributed by atoms with Crippen molar-refractivity contribution in [3.05, 3.63) is 29.6 Å². The highest BCUT2D eigenvalue weighted by Crippen LogP contribution is 2.44. The van der Waals surface area contributed by atoms with E-state index in [1.807, 2.05) is 12.3 Å². The van der Waals surface area contributed by atoms with Crippen LogP contribution in [0.1, 0.15) is 62.2 Å². The molecule has 1 spiro atoms. The molecule has 1 aliphatic carbocycles. The topological polar surface area (TPSA) is 42.4 Å². The molecule has 1 saturated heterocycles. The molecule has 1 aliphatic heterocycles. The largest absolute Gasteiger partial charge is 0.388 e. The van der Waals surface area contributed by atoms with E-state index in [2.05, 4.69) is 11.9 Å². The van der Waals surface area contributed by atoms with Gasteiger partial charge >= 0.3 is 0 Å². The summed E-state index contributed by atoms with van der Waals surface area (Å²) in [5.74, 6) is 0.310. The minimum absolute atomic E-state index is 0.0538. The molecule has 1 saturated carbocycles. The quantitative estimate of drug-likeness (QED) is 0.897. The summed E-state index contributed by atoms with van der Waals surface area (Å²) in [5.41, 5.74) is 2.18. The van der Waals surface area contributed by atoms with E-state index < -0.39 is 6.10 Å². The van der Waals surface area contributed by atoms with Crippen molar-refractivity contribution in [2.75, 3.05) is 6.61 Å². The van der Waals surface area contributed by atoms with Gasteiger partial charge in [0.05, 0.1) is 11.7 Å². The number of rotatable bonds is 2. The Labute approximate surface area is 121 Å². The van der Waals surface area contributed by atoms with Crippen molar-refractivity contribution in [3.8, 4) is 0 Å². The van der Waals surface area contributed by atoms with E-state index in [-0.39, 0.29) is 5.60 Å². The molecule has 0 radical (unpaired) electrons. The normalized spacial score (nSPS) is 27.4. The predicted octanol–water partition coefficient (Wildman–Crippen LogP) is 3.55. The van der Waals surface area contributed by atoms with Gasteiger partial charge in [0.15, 0.2) is 0 Å². The zero-order valence-electron chi connectivity index (χ0n) is 12.3. The van der Waals surface area contributed by atoms with Crippen molar-refractivity contribution in [2.24, 2.45) is 5.92 Å². The van der Waals surface area contributed by atoms with Crippen LogP contribution in [-0.4, -0.2) is 22.3 Å². The van der Waals surface area contributed by atoms with Crippen LogP contribution in [0.2, 0.25) is 0 Å². The number of aliphatic hydroxyl groups is 1. The fraction of sp³-hybridized carbons (Fsp3) is 0.706. The van der Waals surface area contributed by atoms with Gasteiger partial charge in [0.1, 0.15) is 0 Å². The first-order valence-corrected chi connectivity index (χ1v) is 7.93. The van der Waals surface area contributed by atoms with Crippen LogP contribution >= 0.6 is 0 Å². The molecule has 1 N–H and O–H groups in total. The van der Waals surface area contributed by atoms with E-state index in [9.17, 15) is 5.11 Å². The lowest BCUT2D eigenvalue weighted by Gasteiger charge is -2.44. The number of nitrogens with zero attached hydrogens (tertiary/aromatic N) is 1. The molecule has 20 heavy (non-hydrogen) atoms. The summed E-state index contributed by atoms with van der Waals surface area (Å²) in [5, 5.41) is 10.7. The van der Waals surface area contributed by atoms with E-state index in [0.717, 1.165) is 30.6 Å². The Hall–Kier alpha value is -0.930. The second-order valence-electron chi connectivity index (χ2n) is 6.52. The molecular formula is C17H25NO2. The molecule has 110 valence electrons. The molecule has 2 atom stereocenters. The lowest BCUT2D eigenvalue weighted by Crippen LogP contribution is -2.42. The Bertz CT molecular complexity index is 449. The molecule has 1 aromatic heterocycles. The predicted molar refractivity (Wildman–Crippen MR) is 78.4 cm³/mol. The van der Waals surface area contributed by atoms with Gasteiger partial charge in [0.2, 0.25) is 0 Å². The molecule has 3 nitrogen and oxygen atoms in total. The fourth-order valence-electron chi connectivity index (χ4n) is 3.92. The average molecular weight is 275 g/mol. The molecule has 0 amide bonds. The first kappa shape index (κ1) is 14.0. The van der Waals surface area contributed by atoms with Gasteiger partial charge < -0.3 is 9.84 Å². The van der Waals surface area contributed by atoms with Gasteiger partial charge in [-0.1, -0.05) is 19.3 Å². The highest BCUT2D eigenvalue weighted by molar-refractivity contribution is 5.24. The highest BCUT2D eigenvalue weighted by Gasteiger charge is 2.40. The highest BCUT2D eigenvalue weighted by atomic mass is 16.5. The Balaban J connectivity index is 1.75. The summed E-state index contributed by atoms with van der Waals surface area (Å²) in [7, 11) is 0. The fourth-order valence-corrected chi connectivity index (χ4v) is 3.92. The summed E-state index contributed by atoms with van der Waals surface area (Å²) in [6, 6.07) is 1.98. The first-order chi connectivity index (χ1) is 9.70. The van der Waals surface area contributed by atoms with Crippen LogP contribution in [0, 0.1) is 12.8 Å². The molecule has 0 aromatic carbocycles. The number of hydrogen-bond donors (Lipinski definition) is 1. The van der Waals surface area contributed by atoms with Crippen LogP contribution in [0.3, 0.4) is 0 Å². The molecule has 0 bridgehead atoms. The third-order valence-corrected chi connectivity index (χ3v) is 5.14. The summed E-state index contributed by atoms with van der Waals surface area (Å²) in [4.78, 5) is 4.17. The Morgan fingerprint density at radius 3 is 2.90 bits per heavy atom. The van der Waals surface area contributed by atoms with Gasteiger partial charge in [-0.2, -0.15) is 0 Å². The van der Waals surface area contributed by atoms with Crippen LogP contribution in [0.25, 0.3) is 0 Å². The zero-order chi connectivity index (χ0) is 14.0. The van der Waals surface area contributed by atoms with Crippen molar-refractivity contribution in [3.63, 3.8) is 0 Å². The van der Waals surface area contributed by atoms with Gasteiger partial charge in [-0.15, -0.1) is 0 Å². The van der Waals surface area contributed by atoms with E-state index >= 15 is 0 Å². The van der Waals surface area contributed by atoms with E-state index in [4.69, 9.17) is 4.74 Å². The summed E-state index contributed by atoms with van der Waals surface area (Å²) in [6.07, 6.45) is 11.4. The summed E-state index contributed by atoms with van der Waals surface area (Å²) < 4.78 is 6.13. The average Bonchev–Trinajstić information content (AvgIpc) is 2.48. The molecular weight excluding hydrogens is 250 g/mol. The molecule has 2 heterocycles. The second-order valence-corrected chi connectivity index (χ2v) is 6.52. The lowest BCUT2D eigenvalue weighted by molar-refractivity contribution is -0.134. The standard InChI is InChI=1S/C17H25NO2/c1-13-5-9-18-12-15(13)16(19)14-6-10-20-17(11-14)7-3-2-4-8-17/h5,9,12,14,16,19H,2-4,6-8,10-11H2,1H3. The SMILES string of the molecule is Cc1ccncc1C(O)C1CCOC2(CCCCC2)C1. The van der Waals surface area contributed by atoms with Crippen molar-refractivity contribution in [2.45, 2.75) is 63.6 Å². The number of hydrogen-bond acceptors (Lipinski definition) is 3. The van der Waals surface area contributed by atoms with Gasteiger partial charge in [-0.3, -0.25) is 4.98 Å². The van der Waals surface area contributed by atoms with Gasteiger partial charge in [-0.25, -0.2) is 0 Å². The molecule has 3 rings (SSSR count). The van der Waals surface area contributed by atoms with Crippen molar-refractivity contribution >= 4 is 0 Å². The van der Waals surface area contributed by atoms with Crippen LogP contribution in [-0.2, 0) is 4.74 Å². The molecule has 2 fully saturated rings. The van der Waals surface area contributed by atoms with Crippen LogP contribution in [0.15, 0.2) is 18.5 Å². The minimum Gasteiger partial charge on any atom is -0.388 e. The third kappa shape index (κ3) is 2.75. The second kappa shape index (κ2) is 5.82. The van der Waals surface area contributed by atoms with E-state index in [1.54, 1.807) is 6.20 Å². The molecule has 2 aliphatic rings. The number of pyridine rings is 1. The lowest BCUT2D eigenvalue weighted by atomic mass is 9.73. The monoisotopic (exact) mass is 275 g/mol. The minimum atomic E-state index is -0.397. The first-order valence-electron chi connectivity index (χ1n) is 7.93. The van der Waals surface area contributed by atoms with E-state index in [1.165, 1.54) is 32.1 Å². The van der Waals surface area contributed by atoms with Crippen LogP contribution in [0.5, 0.6) is 0 Å². The summed E-state index contributed by atoms with van der Waals surface area (Å²) >= 11 is 0. The summed E-state index contributed by atoms with van der Waals surface area (Å²) in [6.45, 7) is 2.84.